The van der Waals surface area contributed by atoms with Crippen LogP contribution in [0.4, 0.5) is 10.1 Å². The summed E-state index contributed by atoms with van der Waals surface area (Å²) in [6, 6.07) is 2.57. The van der Waals surface area contributed by atoms with Crippen LogP contribution in [0.5, 0.6) is 5.75 Å². The molecule has 0 bridgehead atoms. The molecule has 1 aromatic rings. The number of rotatable bonds is 2. The van der Waals surface area contributed by atoms with Crippen molar-refractivity contribution in [3.05, 3.63) is 24.0 Å². The molecule has 0 saturated carbocycles. The summed E-state index contributed by atoms with van der Waals surface area (Å²) in [5, 5.41) is 11.5. The molecule has 4 N–H and O–H groups in total. The van der Waals surface area contributed by atoms with Crippen LogP contribution in [0.2, 0.25) is 0 Å². The summed E-state index contributed by atoms with van der Waals surface area (Å²) in [5.41, 5.74) is 5.31. The average molecular weight is 235 g/mol. The van der Waals surface area contributed by atoms with Crippen LogP contribution < -0.4 is 11.1 Å². The molecule has 0 spiro atoms. The first kappa shape index (κ1) is 13.7. The van der Waals surface area contributed by atoms with E-state index in [9.17, 15) is 14.3 Å². The highest BCUT2D eigenvalue weighted by Gasteiger charge is 2.10. The van der Waals surface area contributed by atoms with Crippen LogP contribution >= 0.6 is 12.4 Å². The number of phenols is 1. The number of carbonyl (C=O) groups is 1. The van der Waals surface area contributed by atoms with E-state index in [1.807, 2.05) is 0 Å². The maximum Gasteiger partial charge on any atom is 0.241 e. The number of benzene rings is 1. The molecule has 1 atom stereocenters. The van der Waals surface area contributed by atoms with Crippen molar-refractivity contribution in [3.63, 3.8) is 0 Å². The second kappa shape index (κ2) is 5.53. The third kappa shape index (κ3) is 3.73. The summed E-state index contributed by atoms with van der Waals surface area (Å²) in [6.45, 7) is 1.49. The minimum atomic E-state index is -0.710. The fourth-order valence-electron chi connectivity index (χ4n) is 0.855. The monoisotopic (exact) mass is 234 g/mol. The molecule has 0 aliphatic carbocycles. The van der Waals surface area contributed by atoms with E-state index in [1.165, 1.54) is 6.92 Å². The third-order valence-corrected chi connectivity index (χ3v) is 1.63. The first-order chi connectivity index (χ1) is 6.50. The number of hydrogen-bond acceptors (Lipinski definition) is 3. The number of amides is 1. The van der Waals surface area contributed by atoms with Gasteiger partial charge in [-0.1, -0.05) is 0 Å². The molecule has 0 fully saturated rings. The van der Waals surface area contributed by atoms with Gasteiger partial charge in [0.1, 0.15) is 11.6 Å². The smallest absolute Gasteiger partial charge is 0.241 e. The number of halogens is 2. The van der Waals surface area contributed by atoms with Gasteiger partial charge in [-0.05, 0) is 19.1 Å². The molecule has 84 valence electrons. The quantitative estimate of drug-likeness (QED) is 0.674. The summed E-state index contributed by atoms with van der Waals surface area (Å²) in [5.74, 6) is -1.21. The number of hydrogen-bond donors (Lipinski definition) is 3. The summed E-state index contributed by atoms with van der Waals surface area (Å²) in [4.78, 5) is 11.1. The molecule has 0 heterocycles. The standard InChI is InChI=1S/C9H11FN2O2.ClH/c1-5(11)9(14)12-7-4-6(10)2-3-8(7)13;/h2-5,13H,11H2,1H3,(H,12,14);1H. The van der Waals surface area contributed by atoms with Gasteiger partial charge in [0, 0.05) is 6.07 Å². The lowest BCUT2D eigenvalue weighted by atomic mass is 10.2. The molecule has 15 heavy (non-hydrogen) atoms. The molecule has 0 aliphatic heterocycles. The van der Waals surface area contributed by atoms with E-state index < -0.39 is 17.8 Å². The van der Waals surface area contributed by atoms with E-state index in [-0.39, 0.29) is 23.8 Å². The molecule has 0 aliphatic rings. The minimum Gasteiger partial charge on any atom is -0.506 e. The van der Waals surface area contributed by atoms with Crippen molar-refractivity contribution in [1.29, 1.82) is 0 Å². The number of nitrogens with one attached hydrogen (secondary N) is 1. The van der Waals surface area contributed by atoms with Crippen molar-refractivity contribution in [2.45, 2.75) is 13.0 Å². The zero-order valence-corrected chi connectivity index (χ0v) is 8.84. The Hall–Kier alpha value is -1.33. The maximum atomic E-state index is 12.7. The first-order valence-electron chi connectivity index (χ1n) is 4.05. The molecule has 1 amide bonds. The normalized spacial score (nSPS) is 11.4. The highest BCUT2D eigenvalue weighted by Crippen LogP contribution is 2.23. The number of carbonyl (C=O) groups excluding carboxylic acids is 1. The van der Waals surface area contributed by atoms with Crippen LogP contribution in [-0.2, 0) is 4.79 Å². The van der Waals surface area contributed by atoms with Gasteiger partial charge in [0.15, 0.2) is 0 Å². The van der Waals surface area contributed by atoms with Gasteiger partial charge in [0.25, 0.3) is 0 Å². The van der Waals surface area contributed by atoms with E-state index in [0.717, 1.165) is 18.2 Å². The molecular formula is C9H12ClFN2O2. The fraction of sp³-hybridized carbons (Fsp3) is 0.222. The lowest BCUT2D eigenvalue weighted by Gasteiger charge is -2.08. The van der Waals surface area contributed by atoms with Crippen molar-refractivity contribution in [3.8, 4) is 5.75 Å². The molecule has 0 aromatic heterocycles. The van der Waals surface area contributed by atoms with Crippen LogP contribution in [0.15, 0.2) is 18.2 Å². The van der Waals surface area contributed by atoms with Gasteiger partial charge in [-0.25, -0.2) is 4.39 Å². The molecule has 1 rings (SSSR count). The van der Waals surface area contributed by atoms with Gasteiger partial charge in [-0.2, -0.15) is 0 Å². The first-order valence-corrected chi connectivity index (χ1v) is 4.05. The highest BCUT2D eigenvalue weighted by atomic mass is 35.5. The molecule has 1 aromatic carbocycles. The second-order valence-corrected chi connectivity index (χ2v) is 2.94. The van der Waals surface area contributed by atoms with Gasteiger partial charge < -0.3 is 16.2 Å². The summed E-state index contributed by atoms with van der Waals surface area (Å²) >= 11 is 0. The summed E-state index contributed by atoms with van der Waals surface area (Å²) in [6.07, 6.45) is 0. The Morgan fingerprint density at radius 1 is 1.60 bits per heavy atom. The Bertz CT molecular complexity index is 358. The van der Waals surface area contributed by atoms with Crippen LogP contribution in [0.1, 0.15) is 6.92 Å². The Balaban J connectivity index is 0.00000196. The molecular weight excluding hydrogens is 223 g/mol. The number of aromatic hydroxyl groups is 1. The van der Waals surface area contributed by atoms with E-state index >= 15 is 0 Å². The Kier molecular flexibility index (Phi) is 5.04. The van der Waals surface area contributed by atoms with Crippen LogP contribution in [0.3, 0.4) is 0 Å². The Labute approximate surface area is 92.7 Å². The van der Waals surface area contributed by atoms with Crippen molar-refractivity contribution in [1.82, 2.24) is 0 Å². The number of anilines is 1. The van der Waals surface area contributed by atoms with Crippen molar-refractivity contribution < 1.29 is 14.3 Å². The zero-order valence-electron chi connectivity index (χ0n) is 8.03. The van der Waals surface area contributed by atoms with Crippen LogP contribution in [-0.4, -0.2) is 17.1 Å². The molecule has 4 nitrogen and oxygen atoms in total. The fourth-order valence-corrected chi connectivity index (χ4v) is 0.855. The molecule has 0 radical (unpaired) electrons. The molecule has 1 unspecified atom stereocenters. The Morgan fingerprint density at radius 2 is 2.20 bits per heavy atom. The van der Waals surface area contributed by atoms with Gasteiger partial charge in [0.05, 0.1) is 11.7 Å². The molecule has 6 heteroatoms. The van der Waals surface area contributed by atoms with Crippen LogP contribution in [0.25, 0.3) is 0 Å². The summed E-state index contributed by atoms with van der Waals surface area (Å²) in [7, 11) is 0. The average Bonchev–Trinajstić information content (AvgIpc) is 2.11. The highest BCUT2D eigenvalue weighted by molar-refractivity contribution is 5.95. The van der Waals surface area contributed by atoms with Gasteiger partial charge in [-0.15, -0.1) is 12.4 Å². The second-order valence-electron chi connectivity index (χ2n) is 2.94. The molecule has 0 saturated heterocycles. The van der Waals surface area contributed by atoms with E-state index in [0.29, 0.717) is 0 Å². The third-order valence-electron chi connectivity index (χ3n) is 1.63. The SMILES string of the molecule is CC(N)C(=O)Nc1cc(F)ccc1O.Cl. The van der Waals surface area contributed by atoms with Gasteiger partial charge >= 0.3 is 0 Å². The number of phenolic OH excluding ortho intramolecular Hbond substituents is 1. The van der Waals surface area contributed by atoms with Crippen molar-refractivity contribution >= 4 is 24.0 Å². The predicted octanol–water partition coefficient (Wildman–Crippen LogP) is 1.24. The Morgan fingerprint density at radius 3 is 2.73 bits per heavy atom. The number of nitrogens with two attached hydrogens (primary N) is 1. The summed E-state index contributed by atoms with van der Waals surface area (Å²) < 4.78 is 12.7. The minimum absolute atomic E-state index is 0. The maximum absolute atomic E-state index is 12.7. The van der Waals surface area contributed by atoms with E-state index in [4.69, 9.17) is 5.73 Å². The van der Waals surface area contributed by atoms with E-state index in [1.54, 1.807) is 0 Å². The van der Waals surface area contributed by atoms with Crippen LogP contribution in [0, 0.1) is 5.82 Å². The van der Waals surface area contributed by atoms with Crippen molar-refractivity contribution in [2.24, 2.45) is 5.73 Å². The van der Waals surface area contributed by atoms with Crippen molar-refractivity contribution in [2.75, 3.05) is 5.32 Å². The van der Waals surface area contributed by atoms with E-state index in [2.05, 4.69) is 5.32 Å². The van der Waals surface area contributed by atoms with Gasteiger partial charge in [-0.3, -0.25) is 4.79 Å². The lowest BCUT2D eigenvalue weighted by molar-refractivity contribution is -0.117. The topological polar surface area (TPSA) is 75.4 Å². The van der Waals surface area contributed by atoms with Gasteiger partial charge in [0.2, 0.25) is 5.91 Å². The largest absolute Gasteiger partial charge is 0.506 e. The predicted molar refractivity (Wildman–Crippen MR) is 57.6 cm³/mol. The lowest BCUT2D eigenvalue weighted by Crippen LogP contribution is -2.32. The zero-order chi connectivity index (χ0) is 10.7.